The second-order valence-electron chi connectivity index (χ2n) is 5.97. The molecule has 2 aromatic carbocycles. The normalized spacial score (nSPS) is 11.9. The predicted octanol–water partition coefficient (Wildman–Crippen LogP) is 3.14. The fraction of sp³-hybridized carbons (Fsp3) is 0.263. The first-order valence-electron chi connectivity index (χ1n) is 8.53. The van der Waals surface area contributed by atoms with Crippen LogP contribution >= 0.6 is 0 Å². The minimum atomic E-state index is -0.373. The van der Waals surface area contributed by atoms with Crippen LogP contribution < -0.4 is 5.32 Å². The Morgan fingerprint density at radius 1 is 1.19 bits per heavy atom. The van der Waals surface area contributed by atoms with Crippen molar-refractivity contribution < 1.29 is 9.18 Å². The molecule has 7 heteroatoms. The van der Waals surface area contributed by atoms with E-state index >= 15 is 0 Å². The fourth-order valence-corrected chi connectivity index (χ4v) is 2.72. The third kappa shape index (κ3) is 4.50. The molecular weight excluding hydrogens is 333 g/mol. The number of benzene rings is 2. The van der Waals surface area contributed by atoms with Crippen molar-refractivity contribution in [2.24, 2.45) is 0 Å². The van der Waals surface area contributed by atoms with Crippen LogP contribution in [0.15, 0.2) is 54.6 Å². The van der Waals surface area contributed by atoms with Gasteiger partial charge in [0.15, 0.2) is 0 Å². The van der Waals surface area contributed by atoms with Crippen LogP contribution in [0.2, 0.25) is 0 Å². The Hall–Kier alpha value is -3.09. The molecule has 0 saturated carbocycles. The molecule has 1 atom stereocenters. The molecule has 0 aliphatic heterocycles. The Labute approximate surface area is 151 Å². The molecule has 1 amide bonds. The summed E-state index contributed by atoms with van der Waals surface area (Å²) in [7, 11) is 0. The van der Waals surface area contributed by atoms with Crippen molar-refractivity contribution in [2.45, 2.75) is 32.4 Å². The minimum absolute atomic E-state index is 0.0463. The van der Waals surface area contributed by atoms with Gasteiger partial charge < -0.3 is 5.32 Å². The van der Waals surface area contributed by atoms with Crippen LogP contribution in [-0.4, -0.2) is 26.1 Å². The number of amides is 1. The number of tetrazole rings is 1. The van der Waals surface area contributed by atoms with Crippen molar-refractivity contribution in [3.8, 4) is 11.4 Å². The molecule has 134 valence electrons. The van der Waals surface area contributed by atoms with Crippen molar-refractivity contribution >= 4 is 5.91 Å². The number of aromatic nitrogens is 4. The lowest BCUT2D eigenvalue weighted by Gasteiger charge is -2.18. The lowest BCUT2D eigenvalue weighted by atomic mass is 10.0. The van der Waals surface area contributed by atoms with Crippen molar-refractivity contribution in [3.63, 3.8) is 0 Å². The summed E-state index contributed by atoms with van der Waals surface area (Å²) in [4.78, 5) is 13.6. The average Bonchev–Trinajstić information content (AvgIpc) is 3.10. The van der Waals surface area contributed by atoms with Crippen molar-refractivity contribution in [3.05, 3.63) is 66.0 Å². The summed E-state index contributed by atoms with van der Waals surface area (Å²) in [6, 6.07) is 15.7. The van der Waals surface area contributed by atoms with Crippen LogP contribution in [0.25, 0.3) is 11.4 Å². The monoisotopic (exact) mass is 353 g/mol. The van der Waals surface area contributed by atoms with Crippen molar-refractivity contribution in [1.29, 1.82) is 0 Å². The molecule has 0 aliphatic rings. The molecule has 0 bridgehead atoms. The number of nitrogens with zero attached hydrogens (tertiary/aromatic N) is 4. The zero-order valence-electron chi connectivity index (χ0n) is 14.5. The Bertz CT molecular complexity index is 865. The quantitative estimate of drug-likeness (QED) is 0.708. The highest BCUT2D eigenvalue weighted by Gasteiger charge is 2.15. The second kappa shape index (κ2) is 8.33. The molecule has 0 spiro atoms. The van der Waals surface area contributed by atoms with Crippen LogP contribution in [0.1, 0.15) is 31.4 Å². The van der Waals surface area contributed by atoms with E-state index in [1.165, 1.54) is 16.9 Å². The number of hydrogen-bond acceptors (Lipinski definition) is 4. The maximum Gasteiger partial charge on any atom is 0.244 e. The first-order valence-corrected chi connectivity index (χ1v) is 8.53. The Kier molecular flexibility index (Phi) is 5.68. The van der Waals surface area contributed by atoms with E-state index in [-0.39, 0.29) is 30.1 Å². The summed E-state index contributed by atoms with van der Waals surface area (Å²) >= 11 is 0. The third-order valence-electron chi connectivity index (χ3n) is 3.94. The van der Waals surface area contributed by atoms with Crippen molar-refractivity contribution in [1.82, 2.24) is 25.5 Å². The summed E-state index contributed by atoms with van der Waals surface area (Å²) in [5.74, 6) is -0.289. The molecule has 0 aliphatic carbocycles. The van der Waals surface area contributed by atoms with Gasteiger partial charge in [-0.2, -0.15) is 4.80 Å². The van der Waals surface area contributed by atoms with Crippen LogP contribution in [-0.2, 0) is 11.3 Å². The maximum atomic E-state index is 13.3. The van der Waals surface area contributed by atoms with Gasteiger partial charge in [0.05, 0.1) is 6.04 Å². The number of rotatable bonds is 7. The summed E-state index contributed by atoms with van der Waals surface area (Å²) in [5.41, 5.74) is 1.58. The van der Waals surface area contributed by atoms with Gasteiger partial charge in [0, 0.05) is 5.56 Å². The van der Waals surface area contributed by atoms with E-state index in [0.29, 0.717) is 5.56 Å². The molecule has 0 saturated heterocycles. The van der Waals surface area contributed by atoms with E-state index < -0.39 is 0 Å². The van der Waals surface area contributed by atoms with Gasteiger partial charge in [-0.25, -0.2) is 4.39 Å². The molecule has 0 fully saturated rings. The molecule has 1 aromatic heterocycles. The van der Waals surface area contributed by atoms with E-state index in [0.717, 1.165) is 18.4 Å². The Balaban J connectivity index is 1.66. The second-order valence-corrected chi connectivity index (χ2v) is 5.97. The van der Waals surface area contributed by atoms with Crippen LogP contribution in [0.4, 0.5) is 4.39 Å². The summed E-state index contributed by atoms with van der Waals surface area (Å²) in [6.45, 7) is 2.03. The number of carbonyl (C=O) groups is 1. The standard InChI is InChI=1S/C19H20FN5O/c1-2-7-17(14-8-4-3-5-9-14)21-18(26)13-25-23-19(22-24-25)15-10-6-11-16(20)12-15/h3-6,8-12,17H,2,7,13H2,1H3,(H,21,26)/t17-/m0/s1. The SMILES string of the molecule is CCC[C@H](NC(=O)Cn1nnc(-c2cccc(F)c2)n1)c1ccccc1. The van der Waals surface area contributed by atoms with Gasteiger partial charge in [0.1, 0.15) is 12.4 Å². The van der Waals surface area contributed by atoms with Gasteiger partial charge in [0.25, 0.3) is 0 Å². The predicted molar refractivity (Wildman–Crippen MR) is 95.4 cm³/mol. The number of nitrogens with one attached hydrogen (secondary N) is 1. The van der Waals surface area contributed by atoms with Gasteiger partial charge >= 0.3 is 0 Å². The van der Waals surface area contributed by atoms with E-state index in [9.17, 15) is 9.18 Å². The van der Waals surface area contributed by atoms with Crippen LogP contribution in [0.5, 0.6) is 0 Å². The van der Waals surface area contributed by atoms with Crippen LogP contribution in [0, 0.1) is 5.82 Å². The highest BCUT2D eigenvalue weighted by atomic mass is 19.1. The molecule has 26 heavy (non-hydrogen) atoms. The van der Waals surface area contributed by atoms with E-state index in [1.54, 1.807) is 12.1 Å². The Morgan fingerprint density at radius 3 is 2.73 bits per heavy atom. The fourth-order valence-electron chi connectivity index (χ4n) is 2.72. The summed E-state index contributed by atoms with van der Waals surface area (Å²) in [6.07, 6.45) is 1.79. The smallest absolute Gasteiger partial charge is 0.244 e. The zero-order valence-corrected chi connectivity index (χ0v) is 14.5. The number of hydrogen-bond donors (Lipinski definition) is 1. The molecular formula is C19H20FN5O. The lowest BCUT2D eigenvalue weighted by Crippen LogP contribution is -2.32. The van der Waals surface area contributed by atoms with Crippen LogP contribution in [0.3, 0.4) is 0 Å². The lowest BCUT2D eigenvalue weighted by molar-refractivity contribution is -0.122. The van der Waals surface area contributed by atoms with Gasteiger partial charge in [-0.15, -0.1) is 10.2 Å². The molecule has 6 nitrogen and oxygen atoms in total. The summed E-state index contributed by atoms with van der Waals surface area (Å²) in [5, 5.41) is 14.9. The Morgan fingerprint density at radius 2 is 2.00 bits per heavy atom. The third-order valence-corrected chi connectivity index (χ3v) is 3.94. The molecule has 1 N–H and O–H groups in total. The average molecular weight is 353 g/mol. The molecule has 0 unspecified atom stereocenters. The summed E-state index contributed by atoms with van der Waals surface area (Å²) < 4.78 is 13.3. The van der Waals surface area contributed by atoms with Crippen molar-refractivity contribution in [2.75, 3.05) is 0 Å². The van der Waals surface area contributed by atoms with Gasteiger partial charge in [-0.1, -0.05) is 55.8 Å². The molecule has 1 heterocycles. The number of carbonyl (C=O) groups excluding carboxylic acids is 1. The molecule has 0 radical (unpaired) electrons. The van der Waals surface area contributed by atoms with E-state index in [2.05, 4.69) is 27.7 Å². The maximum absolute atomic E-state index is 13.3. The van der Waals surface area contributed by atoms with E-state index in [1.807, 2.05) is 30.3 Å². The van der Waals surface area contributed by atoms with Gasteiger partial charge in [-0.05, 0) is 29.3 Å². The van der Waals surface area contributed by atoms with E-state index in [4.69, 9.17) is 0 Å². The first kappa shape index (κ1) is 17.7. The molecule has 3 aromatic rings. The minimum Gasteiger partial charge on any atom is -0.348 e. The van der Waals surface area contributed by atoms with Gasteiger partial charge in [0.2, 0.25) is 11.7 Å². The van der Waals surface area contributed by atoms with Gasteiger partial charge in [-0.3, -0.25) is 4.79 Å². The highest BCUT2D eigenvalue weighted by molar-refractivity contribution is 5.76. The largest absolute Gasteiger partial charge is 0.348 e. The first-order chi connectivity index (χ1) is 12.7. The number of halogens is 1. The zero-order chi connectivity index (χ0) is 18.4. The highest BCUT2D eigenvalue weighted by Crippen LogP contribution is 2.18. The molecule has 3 rings (SSSR count). The topological polar surface area (TPSA) is 72.7 Å².